The summed E-state index contributed by atoms with van der Waals surface area (Å²) in [5.41, 5.74) is 0.817. The summed E-state index contributed by atoms with van der Waals surface area (Å²) in [6.45, 7) is 3.73. The molecule has 0 unspecified atom stereocenters. The van der Waals surface area contributed by atoms with Crippen molar-refractivity contribution in [3.63, 3.8) is 0 Å². The summed E-state index contributed by atoms with van der Waals surface area (Å²) in [4.78, 5) is 2.58. The zero-order chi connectivity index (χ0) is 14.6. The largest absolute Gasteiger partial charge is 0.396 e. The van der Waals surface area contributed by atoms with Crippen LogP contribution in [-0.2, 0) is 9.84 Å². The summed E-state index contributed by atoms with van der Waals surface area (Å²) in [7, 11) is -3.20. The lowest BCUT2D eigenvalue weighted by molar-refractivity contribution is 0.203. The highest BCUT2D eigenvalue weighted by molar-refractivity contribution is 7.91. The molecule has 4 nitrogen and oxygen atoms in total. The molecule has 1 aliphatic rings. The van der Waals surface area contributed by atoms with E-state index < -0.39 is 9.84 Å². The Kier molecular flexibility index (Phi) is 5.05. The van der Waals surface area contributed by atoms with Gasteiger partial charge >= 0.3 is 0 Å². The van der Waals surface area contributed by atoms with Gasteiger partial charge < -0.3 is 10.0 Å². The summed E-state index contributed by atoms with van der Waals surface area (Å²) in [6.07, 6.45) is 2.46. The van der Waals surface area contributed by atoms with Crippen LogP contribution in [0.15, 0.2) is 29.2 Å². The van der Waals surface area contributed by atoms with Gasteiger partial charge in [-0.15, -0.1) is 0 Å². The number of aliphatic hydroxyl groups is 1. The number of piperidine rings is 1. The Morgan fingerprint density at radius 2 is 1.90 bits per heavy atom. The third-order valence-corrected chi connectivity index (χ3v) is 5.85. The van der Waals surface area contributed by atoms with Crippen molar-refractivity contribution in [2.24, 2.45) is 5.92 Å². The minimum absolute atomic E-state index is 0.192. The summed E-state index contributed by atoms with van der Waals surface area (Å²) in [5.74, 6) is 0.544. The van der Waals surface area contributed by atoms with Crippen LogP contribution < -0.4 is 4.90 Å². The number of para-hydroxylation sites is 1. The first-order chi connectivity index (χ1) is 9.58. The molecule has 1 aliphatic heterocycles. The van der Waals surface area contributed by atoms with Crippen LogP contribution in [0, 0.1) is 5.92 Å². The Morgan fingerprint density at radius 3 is 2.50 bits per heavy atom. The van der Waals surface area contributed by atoms with Crippen molar-refractivity contribution in [1.82, 2.24) is 0 Å². The van der Waals surface area contributed by atoms with E-state index in [1.807, 2.05) is 19.1 Å². The molecule has 0 amide bonds. The molecule has 0 bridgehead atoms. The minimum Gasteiger partial charge on any atom is -0.396 e. The number of benzene rings is 1. The van der Waals surface area contributed by atoms with Gasteiger partial charge in [0, 0.05) is 19.7 Å². The van der Waals surface area contributed by atoms with Crippen molar-refractivity contribution in [2.45, 2.75) is 31.1 Å². The molecule has 1 N–H and O–H groups in total. The Bertz CT molecular complexity index is 534. The standard InChI is InChI=1S/C15H23NO3S/c1-2-11-20(18,19)15-6-4-3-5-14(15)16-9-7-13(12-17)8-10-16/h3-6,13,17H,2,7-12H2,1H3. The van der Waals surface area contributed by atoms with Gasteiger partial charge in [0.2, 0.25) is 0 Å². The number of nitrogens with zero attached hydrogens (tertiary/aromatic N) is 1. The van der Waals surface area contributed by atoms with Crippen LogP contribution >= 0.6 is 0 Å². The van der Waals surface area contributed by atoms with E-state index in [4.69, 9.17) is 0 Å². The molecule has 2 rings (SSSR count). The van der Waals surface area contributed by atoms with E-state index in [9.17, 15) is 13.5 Å². The fourth-order valence-corrected chi connectivity index (χ4v) is 4.28. The third-order valence-electron chi connectivity index (χ3n) is 3.89. The molecule has 1 saturated heterocycles. The molecule has 0 radical (unpaired) electrons. The lowest BCUT2D eigenvalue weighted by atomic mass is 9.97. The van der Waals surface area contributed by atoms with Gasteiger partial charge in [-0.2, -0.15) is 0 Å². The van der Waals surface area contributed by atoms with Gasteiger partial charge in [0.15, 0.2) is 9.84 Å². The van der Waals surface area contributed by atoms with E-state index in [2.05, 4.69) is 4.90 Å². The Hall–Kier alpha value is -1.07. The highest BCUT2D eigenvalue weighted by atomic mass is 32.2. The molecule has 20 heavy (non-hydrogen) atoms. The predicted molar refractivity (Wildman–Crippen MR) is 80.8 cm³/mol. The Morgan fingerprint density at radius 1 is 1.25 bits per heavy atom. The Balaban J connectivity index is 2.25. The highest BCUT2D eigenvalue weighted by Gasteiger charge is 2.24. The molecule has 0 aromatic heterocycles. The SMILES string of the molecule is CCCS(=O)(=O)c1ccccc1N1CCC(CO)CC1. The monoisotopic (exact) mass is 297 g/mol. The summed E-state index contributed by atoms with van der Waals surface area (Å²) < 4.78 is 24.7. The van der Waals surface area contributed by atoms with E-state index in [0.29, 0.717) is 17.2 Å². The first-order valence-electron chi connectivity index (χ1n) is 7.26. The normalized spacial score (nSPS) is 17.4. The van der Waals surface area contributed by atoms with Crippen molar-refractivity contribution in [1.29, 1.82) is 0 Å². The smallest absolute Gasteiger partial charge is 0.180 e. The number of hydrogen-bond donors (Lipinski definition) is 1. The zero-order valence-electron chi connectivity index (χ0n) is 12.0. The fourth-order valence-electron chi connectivity index (χ4n) is 2.72. The Labute approximate surface area is 121 Å². The third kappa shape index (κ3) is 3.33. The molecule has 1 heterocycles. The van der Waals surface area contributed by atoms with Gasteiger partial charge in [-0.05, 0) is 37.3 Å². The average molecular weight is 297 g/mol. The first kappa shape index (κ1) is 15.3. The number of rotatable bonds is 5. The van der Waals surface area contributed by atoms with Gasteiger partial charge in [0.1, 0.15) is 0 Å². The predicted octanol–water partition coefficient (Wildman–Crippen LogP) is 2.08. The summed E-state index contributed by atoms with van der Waals surface area (Å²) in [6, 6.07) is 7.27. The second-order valence-electron chi connectivity index (χ2n) is 5.40. The van der Waals surface area contributed by atoms with Crippen molar-refractivity contribution in [2.75, 3.05) is 30.3 Å². The van der Waals surface area contributed by atoms with Gasteiger partial charge in [-0.1, -0.05) is 19.1 Å². The average Bonchev–Trinajstić information content (AvgIpc) is 2.47. The quantitative estimate of drug-likeness (QED) is 0.904. The second-order valence-corrected chi connectivity index (χ2v) is 7.48. The molecule has 0 aliphatic carbocycles. The minimum atomic E-state index is -3.20. The van der Waals surface area contributed by atoms with Crippen LogP contribution in [0.5, 0.6) is 0 Å². The molecule has 5 heteroatoms. The fraction of sp³-hybridized carbons (Fsp3) is 0.600. The van der Waals surface area contributed by atoms with Crippen molar-refractivity contribution >= 4 is 15.5 Å². The maximum absolute atomic E-state index is 12.3. The summed E-state index contributed by atoms with van der Waals surface area (Å²) in [5, 5.41) is 9.19. The van der Waals surface area contributed by atoms with Crippen LogP contribution in [0.25, 0.3) is 0 Å². The van der Waals surface area contributed by atoms with Crippen LogP contribution in [0.4, 0.5) is 5.69 Å². The molecular weight excluding hydrogens is 274 g/mol. The molecular formula is C15H23NO3S. The molecule has 1 fully saturated rings. The number of sulfone groups is 1. The number of anilines is 1. The van der Waals surface area contributed by atoms with Crippen molar-refractivity contribution in [3.8, 4) is 0 Å². The van der Waals surface area contributed by atoms with Crippen LogP contribution in [-0.4, -0.2) is 39.0 Å². The molecule has 0 spiro atoms. The zero-order valence-corrected chi connectivity index (χ0v) is 12.8. The van der Waals surface area contributed by atoms with E-state index in [-0.39, 0.29) is 12.4 Å². The second kappa shape index (κ2) is 6.59. The lowest BCUT2D eigenvalue weighted by Crippen LogP contribution is -2.35. The van der Waals surface area contributed by atoms with Gasteiger partial charge in [-0.25, -0.2) is 8.42 Å². The molecule has 0 saturated carbocycles. The van der Waals surface area contributed by atoms with Gasteiger partial charge in [0.05, 0.1) is 16.3 Å². The lowest BCUT2D eigenvalue weighted by Gasteiger charge is -2.33. The van der Waals surface area contributed by atoms with Crippen molar-refractivity contribution in [3.05, 3.63) is 24.3 Å². The number of hydrogen-bond acceptors (Lipinski definition) is 4. The molecule has 1 aromatic carbocycles. The van der Waals surface area contributed by atoms with E-state index in [0.717, 1.165) is 31.6 Å². The van der Waals surface area contributed by atoms with Crippen molar-refractivity contribution < 1.29 is 13.5 Å². The van der Waals surface area contributed by atoms with Gasteiger partial charge in [-0.3, -0.25) is 0 Å². The van der Waals surface area contributed by atoms with Crippen LogP contribution in [0.1, 0.15) is 26.2 Å². The maximum atomic E-state index is 12.3. The van der Waals surface area contributed by atoms with Gasteiger partial charge in [0.25, 0.3) is 0 Å². The van der Waals surface area contributed by atoms with E-state index >= 15 is 0 Å². The van der Waals surface area contributed by atoms with Crippen LogP contribution in [0.3, 0.4) is 0 Å². The number of aliphatic hydroxyl groups excluding tert-OH is 1. The molecule has 1 aromatic rings. The van der Waals surface area contributed by atoms with E-state index in [1.54, 1.807) is 12.1 Å². The van der Waals surface area contributed by atoms with Crippen LogP contribution in [0.2, 0.25) is 0 Å². The van der Waals surface area contributed by atoms with E-state index in [1.165, 1.54) is 0 Å². The molecule has 0 atom stereocenters. The maximum Gasteiger partial charge on any atom is 0.180 e. The highest BCUT2D eigenvalue weighted by Crippen LogP contribution is 2.29. The first-order valence-corrected chi connectivity index (χ1v) is 8.91. The topological polar surface area (TPSA) is 57.6 Å². The molecule has 112 valence electrons. The summed E-state index contributed by atoms with van der Waals surface area (Å²) >= 11 is 0.